The van der Waals surface area contributed by atoms with Gasteiger partial charge in [-0.15, -0.1) is 0 Å². The molecule has 0 bridgehead atoms. The first-order valence-corrected chi connectivity index (χ1v) is 10.8. The van der Waals surface area contributed by atoms with Crippen LogP contribution in [0.15, 0.2) is 27.6 Å². The van der Waals surface area contributed by atoms with Crippen LogP contribution in [0.3, 0.4) is 0 Å². The van der Waals surface area contributed by atoms with E-state index in [1.165, 1.54) is 4.31 Å². The van der Waals surface area contributed by atoms with Crippen LogP contribution >= 0.6 is 15.9 Å². The highest BCUT2D eigenvalue weighted by molar-refractivity contribution is 9.10. The van der Waals surface area contributed by atoms with E-state index in [4.69, 9.17) is 0 Å². The largest absolute Gasteiger partial charge is 0.342 e. The second-order valence-corrected chi connectivity index (χ2v) is 8.95. The molecule has 1 aliphatic heterocycles. The number of hydrogen-bond acceptors (Lipinski definition) is 4. The Balaban J connectivity index is 1.99. The van der Waals surface area contributed by atoms with Crippen molar-refractivity contribution in [3.05, 3.63) is 28.2 Å². The van der Waals surface area contributed by atoms with Gasteiger partial charge in [0.2, 0.25) is 15.9 Å². The first-order valence-electron chi connectivity index (χ1n) is 8.56. The van der Waals surface area contributed by atoms with Gasteiger partial charge >= 0.3 is 0 Å². The number of aryl methyl sites for hydroxylation is 1. The third-order valence-electron chi connectivity index (χ3n) is 4.57. The van der Waals surface area contributed by atoms with Crippen molar-refractivity contribution in [2.75, 3.05) is 45.8 Å². The van der Waals surface area contributed by atoms with Crippen molar-refractivity contribution in [1.29, 1.82) is 0 Å². The fraction of sp³-hybridized carbons (Fsp3) is 0.588. The van der Waals surface area contributed by atoms with Crippen molar-refractivity contribution < 1.29 is 13.2 Å². The predicted molar refractivity (Wildman–Crippen MR) is 102 cm³/mol. The van der Waals surface area contributed by atoms with Crippen LogP contribution in [0.4, 0.5) is 0 Å². The molecule has 0 N–H and O–H groups in total. The number of hydrogen-bond donors (Lipinski definition) is 0. The summed E-state index contributed by atoms with van der Waals surface area (Å²) in [6.07, 6.45) is 0. The topological polar surface area (TPSA) is 60.9 Å². The van der Waals surface area contributed by atoms with Gasteiger partial charge in [0.25, 0.3) is 0 Å². The summed E-state index contributed by atoms with van der Waals surface area (Å²) in [7, 11) is -3.49. The fourth-order valence-electron chi connectivity index (χ4n) is 2.92. The van der Waals surface area contributed by atoms with Gasteiger partial charge < -0.3 is 4.90 Å². The second-order valence-electron chi connectivity index (χ2n) is 6.16. The SMILES string of the molecule is CCN(CC)C(=O)CN1CCN(S(=O)(=O)c2ccc(Br)c(C)c2)CC1. The zero-order valence-electron chi connectivity index (χ0n) is 15.0. The highest BCUT2D eigenvalue weighted by Gasteiger charge is 2.29. The van der Waals surface area contributed by atoms with Crippen molar-refractivity contribution in [2.24, 2.45) is 0 Å². The van der Waals surface area contributed by atoms with Gasteiger partial charge in [-0.3, -0.25) is 9.69 Å². The van der Waals surface area contributed by atoms with Gasteiger partial charge in [0, 0.05) is 43.7 Å². The summed E-state index contributed by atoms with van der Waals surface area (Å²) in [6.45, 7) is 9.51. The minimum absolute atomic E-state index is 0.102. The zero-order chi connectivity index (χ0) is 18.6. The lowest BCUT2D eigenvalue weighted by atomic mass is 10.2. The molecule has 1 aromatic rings. The van der Waals surface area contributed by atoms with Crippen molar-refractivity contribution in [1.82, 2.24) is 14.1 Å². The quantitative estimate of drug-likeness (QED) is 0.690. The maximum absolute atomic E-state index is 12.8. The van der Waals surface area contributed by atoms with E-state index in [1.54, 1.807) is 23.1 Å². The van der Waals surface area contributed by atoms with Gasteiger partial charge in [-0.2, -0.15) is 4.31 Å². The summed E-state index contributed by atoms with van der Waals surface area (Å²) in [6, 6.07) is 5.08. The molecule has 6 nitrogen and oxygen atoms in total. The minimum Gasteiger partial charge on any atom is -0.342 e. The summed E-state index contributed by atoms with van der Waals surface area (Å²) in [5.41, 5.74) is 0.893. The molecule has 0 radical (unpaired) electrons. The molecule has 1 saturated heterocycles. The Morgan fingerprint density at radius 1 is 1.16 bits per heavy atom. The molecule has 140 valence electrons. The van der Waals surface area contributed by atoms with E-state index in [0.717, 1.165) is 10.0 Å². The molecule has 1 aromatic carbocycles. The maximum Gasteiger partial charge on any atom is 0.243 e. The summed E-state index contributed by atoms with van der Waals surface area (Å²) in [5, 5.41) is 0. The molecular weight excluding hydrogens is 406 g/mol. The second kappa shape index (κ2) is 8.62. The van der Waals surface area contributed by atoms with Crippen molar-refractivity contribution in [3.63, 3.8) is 0 Å². The number of carbonyl (C=O) groups is 1. The van der Waals surface area contributed by atoms with Crippen LogP contribution in [0.2, 0.25) is 0 Å². The Morgan fingerprint density at radius 2 is 1.76 bits per heavy atom. The first-order chi connectivity index (χ1) is 11.8. The number of benzene rings is 1. The van der Waals surface area contributed by atoms with Gasteiger partial charge in [-0.25, -0.2) is 8.42 Å². The van der Waals surface area contributed by atoms with Crippen LogP contribution in [0.25, 0.3) is 0 Å². The van der Waals surface area contributed by atoms with Gasteiger partial charge in [0.15, 0.2) is 0 Å². The van der Waals surface area contributed by atoms with Gasteiger partial charge in [0.05, 0.1) is 11.4 Å². The molecule has 2 rings (SSSR count). The average Bonchev–Trinajstić information content (AvgIpc) is 2.58. The van der Waals surface area contributed by atoms with Crippen LogP contribution in [-0.2, 0) is 14.8 Å². The number of piperazine rings is 1. The van der Waals surface area contributed by atoms with E-state index in [1.807, 2.05) is 25.7 Å². The molecule has 1 fully saturated rings. The van der Waals surface area contributed by atoms with Crippen molar-refractivity contribution in [3.8, 4) is 0 Å². The molecule has 0 aromatic heterocycles. The Kier molecular flexibility index (Phi) is 7.01. The van der Waals surface area contributed by atoms with Crippen LogP contribution < -0.4 is 0 Å². The highest BCUT2D eigenvalue weighted by Crippen LogP contribution is 2.23. The minimum atomic E-state index is -3.49. The van der Waals surface area contributed by atoms with E-state index >= 15 is 0 Å². The Bertz CT molecular complexity index is 712. The normalized spacial score (nSPS) is 16.8. The summed E-state index contributed by atoms with van der Waals surface area (Å²) in [4.78, 5) is 16.3. The number of sulfonamides is 1. The Hall–Kier alpha value is -0.960. The number of halogens is 1. The summed E-state index contributed by atoms with van der Waals surface area (Å²) >= 11 is 3.40. The summed E-state index contributed by atoms with van der Waals surface area (Å²) < 4.78 is 28.0. The Labute approximate surface area is 159 Å². The van der Waals surface area contributed by atoms with Crippen molar-refractivity contribution >= 4 is 31.9 Å². The molecule has 0 spiro atoms. The lowest BCUT2D eigenvalue weighted by molar-refractivity contribution is -0.132. The van der Waals surface area contributed by atoms with Gasteiger partial charge in [-0.1, -0.05) is 15.9 Å². The van der Waals surface area contributed by atoms with Gasteiger partial charge in [-0.05, 0) is 44.5 Å². The molecule has 25 heavy (non-hydrogen) atoms. The number of amides is 1. The van der Waals surface area contributed by atoms with Crippen molar-refractivity contribution in [2.45, 2.75) is 25.7 Å². The molecule has 8 heteroatoms. The molecule has 0 aliphatic carbocycles. The molecule has 1 aliphatic rings. The third-order valence-corrected chi connectivity index (χ3v) is 7.36. The van der Waals surface area contributed by atoms with E-state index in [2.05, 4.69) is 15.9 Å². The van der Waals surface area contributed by atoms with Crippen LogP contribution in [-0.4, -0.2) is 74.2 Å². The number of likely N-dealkylation sites (N-methyl/N-ethyl adjacent to an activating group) is 1. The lowest BCUT2D eigenvalue weighted by Crippen LogP contribution is -2.51. The average molecular weight is 432 g/mol. The van der Waals surface area contributed by atoms with E-state index in [9.17, 15) is 13.2 Å². The summed E-state index contributed by atoms with van der Waals surface area (Å²) in [5.74, 6) is 0.102. The molecule has 0 saturated carbocycles. The zero-order valence-corrected chi connectivity index (χ0v) is 17.4. The molecule has 1 heterocycles. The first kappa shape index (κ1) is 20.4. The smallest absolute Gasteiger partial charge is 0.243 e. The van der Waals surface area contributed by atoms with E-state index in [-0.39, 0.29) is 5.91 Å². The van der Waals surface area contributed by atoms with Gasteiger partial charge in [0.1, 0.15) is 0 Å². The number of carbonyl (C=O) groups excluding carboxylic acids is 1. The molecule has 0 atom stereocenters. The van der Waals surface area contributed by atoms with Crippen LogP contribution in [0.1, 0.15) is 19.4 Å². The van der Waals surface area contributed by atoms with E-state index in [0.29, 0.717) is 50.7 Å². The molecule has 1 amide bonds. The van der Waals surface area contributed by atoms with Crippen LogP contribution in [0, 0.1) is 6.92 Å². The van der Waals surface area contributed by atoms with E-state index < -0.39 is 10.0 Å². The predicted octanol–water partition coefficient (Wildman–Crippen LogP) is 1.93. The lowest BCUT2D eigenvalue weighted by Gasteiger charge is -2.34. The fourth-order valence-corrected chi connectivity index (χ4v) is 4.68. The standard InChI is InChI=1S/C17H26BrN3O3S/c1-4-20(5-2)17(22)13-19-8-10-21(11-9-19)25(23,24)15-6-7-16(18)14(3)12-15/h6-7,12H,4-5,8-11,13H2,1-3H3. The third kappa shape index (κ3) is 4.81. The number of nitrogens with zero attached hydrogens (tertiary/aromatic N) is 3. The number of rotatable bonds is 6. The Morgan fingerprint density at radius 3 is 2.28 bits per heavy atom. The molecule has 0 unspecified atom stereocenters. The maximum atomic E-state index is 12.8. The monoisotopic (exact) mass is 431 g/mol. The van der Waals surface area contributed by atoms with Crippen LogP contribution in [0.5, 0.6) is 0 Å². The molecular formula is C17H26BrN3O3S. The highest BCUT2D eigenvalue weighted by atomic mass is 79.9.